The number of aryl methyl sites for hydroxylation is 1. The average Bonchev–Trinajstić information content (AvgIpc) is 3.02. The molecule has 140 valence electrons. The number of amides is 1. The third-order valence-electron chi connectivity index (χ3n) is 4.74. The van der Waals surface area contributed by atoms with Gasteiger partial charge in [0, 0.05) is 51.1 Å². The largest absolute Gasteiger partial charge is 0.496 e. The van der Waals surface area contributed by atoms with Gasteiger partial charge in [-0.15, -0.1) is 0 Å². The zero-order valence-electron chi connectivity index (χ0n) is 15.4. The van der Waals surface area contributed by atoms with Crippen molar-refractivity contribution in [2.75, 3.05) is 27.4 Å². The van der Waals surface area contributed by atoms with Crippen molar-refractivity contribution in [3.8, 4) is 5.75 Å². The molecule has 1 atom stereocenters. The lowest BCUT2D eigenvalue weighted by atomic mass is 10.1. The van der Waals surface area contributed by atoms with E-state index in [1.807, 2.05) is 29.1 Å². The number of para-hydroxylation sites is 1. The SMILES string of the molecule is COCC(=O)NCC1CCn2nccc2CN1Cc1ccccc1OC. The van der Waals surface area contributed by atoms with Crippen molar-refractivity contribution in [3.05, 3.63) is 47.8 Å². The van der Waals surface area contributed by atoms with Crippen LogP contribution in [0.2, 0.25) is 0 Å². The fraction of sp³-hybridized carbons (Fsp3) is 0.474. The quantitative estimate of drug-likeness (QED) is 0.811. The van der Waals surface area contributed by atoms with Gasteiger partial charge in [-0.3, -0.25) is 14.4 Å². The molecule has 0 fully saturated rings. The zero-order chi connectivity index (χ0) is 18.4. The van der Waals surface area contributed by atoms with Crippen LogP contribution in [0.1, 0.15) is 17.7 Å². The van der Waals surface area contributed by atoms with Crippen molar-refractivity contribution in [2.24, 2.45) is 0 Å². The van der Waals surface area contributed by atoms with Crippen LogP contribution in [-0.4, -0.2) is 54.0 Å². The lowest BCUT2D eigenvalue weighted by molar-refractivity contribution is -0.125. The van der Waals surface area contributed by atoms with Gasteiger partial charge < -0.3 is 14.8 Å². The predicted octanol–water partition coefficient (Wildman–Crippen LogP) is 1.43. The second kappa shape index (κ2) is 8.82. The van der Waals surface area contributed by atoms with E-state index >= 15 is 0 Å². The van der Waals surface area contributed by atoms with Crippen LogP contribution in [0, 0.1) is 0 Å². The summed E-state index contributed by atoms with van der Waals surface area (Å²) < 4.78 is 12.5. The number of carbonyl (C=O) groups excluding carboxylic acids is 1. The summed E-state index contributed by atoms with van der Waals surface area (Å²) in [6.07, 6.45) is 2.76. The van der Waals surface area contributed by atoms with E-state index in [0.717, 1.165) is 37.4 Å². The monoisotopic (exact) mass is 358 g/mol. The first kappa shape index (κ1) is 18.4. The highest BCUT2D eigenvalue weighted by Crippen LogP contribution is 2.24. The minimum Gasteiger partial charge on any atom is -0.496 e. The Hall–Kier alpha value is -2.38. The van der Waals surface area contributed by atoms with E-state index in [-0.39, 0.29) is 18.6 Å². The first-order valence-electron chi connectivity index (χ1n) is 8.83. The number of hydrogen-bond acceptors (Lipinski definition) is 5. The molecule has 1 aromatic carbocycles. The van der Waals surface area contributed by atoms with Crippen molar-refractivity contribution < 1.29 is 14.3 Å². The van der Waals surface area contributed by atoms with Crippen molar-refractivity contribution in [2.45, 2.75) is 32.1 Å². The summed E-state index contributed by atoms with van der Waals surface area (Å²) in [5.74, 6) is 0.791. The van der Waals surface area contributed by atoms with E-state index in [1.165, 1.54) is 12.8 Å². The Morgan fingerprint density at radius 1 is 1.31 bits per heavy atom. The summed E-state index contributed by atoms with van der Waals surface area (Å²) >= 11 is 0. The van der Waals surface area contributed by atoms with Crippen LogP contribution in [0.25, 0.3) is 0 Å². The van der Waals surface area contributed by atoms with Crippen molar-refractivity contribution in [1.29, 1.82) is 0 Å². The Kier molecular flexibility index (Phi) is 6.25. The van der Waals surface area contributed by atoms with Gasteiger partial charge in [-0.1, -0.05) is 18.2 Å². The number of aromatic nitrogens is 2. The van der Waals surface area contributed by atoms with Crippen LogP contribution in [0.15, 0.2) is 36.5 Å². The number of ether oxygens (including phenoxy) is 2. The molecule has 1 aliphatic rings. The second-order valence-electron chi connectivity index (χ2n) is 6.44. The summed E-state index contributed by atoms with van der Waals surface area (Å²) in [5.41, 5.74) is 2.32. The van der Waals surface area contributed by atoms with E-state index in [1.54, 1.807) is 7.11 Å². The van der Waals surface area contributed by atoms with Gasteiger partial charge in [0.2, 0.25) is 5.91 Å². The summed E-state index contributed by atoms with van der Waals surface area (Å²) in [7, 11) is 3.22. The summed E-state index contributed by atoms with van der Waals surface area (Å²) in [6.45, 7) is 3.04. The molecule has 2 aromatic rings. The molecule has 1 amide bonds. The molecule has 0 saturated heterocycles. The van der Waals surface area contributed by atoms with Gasteiger partial charge in [0.25, 0.3) is 0 Å². The fourth-order valence-electron chi connectivity index (χ4n) is 3.37. The summed E-state index contributed by atoms with van der Waals surface area (Å²) in [5, 5.41) is 7.39. The van der Waals surface area contributed by atoms with Crippen molar-refractivity contribution in [1.82, 2.24) is 20.0 Å². The lowest BCUT2D eigenvalue weighted by Crippen LogP contribution is -2.43. The van der Waals surface area contributed by atoms with E-state index in [0.29, 0.717) is 6.54 Å². The molecule has 0 saturated carbocycles. The minimum atomic E-state index is -0.0910. The fourth-order valence-corrected chi connectivity index (χ4v) is 3.37. The molecule has 0 radical (unpaired) electrons. The van der Waals surface area contributed by atoms with E-state index in [4.69, 9.17) is 9.47 Å². The van der Waals surface area contributed by atoms with Crippen LogP contribution in [0.5, 0.6) is 5.75 Å². The van der Waals surface area contributed by atoms with Crippen LogP contribution in [-0.2, 0) is 29.2 Å². The molecule has 26 heavy (non-hydrogen) atoms. The maximum Gasteiger partial charge on any atom is 0.246 e. The number of nitrogens with one attached hydrogen (secondary N) is 1. The first-order valence-corrected chi connectivity index (χ1v) is 8.83. The topological polar surface area (TPSA) is 68.6 Å². The van der Waals surface area contributed by atoms with Crippen molar-refractivity contribution in [3.63, 3.8) is 0 Å². The number of nitrogens with zero attached hydrogens (tertiary/aromatic N) is 3. The van der Waals surface area contributed by atoms with Gasteiger partial charge in [-0.05, 0) is 18.6 Å². The molecule has 7 heteroatoms. The molecular formula is C19H26N4O3. The van der Waals surface area contributed by atoms with Crippen LogP contribution in [0.4, 0.5) is 0 Å². The lowest BCUT2D eigenvalue weighted by Gasteiger charge is -2.30. The Morgan fingerprint density at radius 3 is 2.96 bits per heavy atom. The third kappa shape index (κ3) is 4.42. The normalized spacial score (nSPS) is 17.4. The minimum absolute atomic E-state index is 0.0841. The van der Waals surface area contributed by atoms with Gasteiger partial charge in [-0.2, -0.15) is 5.10 Å². The Morgan fingerprint density at radius 2 is 2.15 bits per heavy atom. The van der Waals surface area contributed by atoms with Gasteiger partial charge in [0.15, 0.2) is 0 Å². The molecule has 1 unspecified atom stereocenters. The van der Waals surface area contributed by atoms with Crippen LogP contribution in [0.3, 0.4) is 0 Å². The number of hydrogen-bond donors (Lipinski definition) is 1. The Labute approximate surface area is 153 Å². The molecule has 7 nitrogen and oxygen atoms in total. The molecule has 2 heterocycles. The second-order valence-corrected chi connectivity index (χ2v) is 6.44. The number of methoxy groups -OCH3 is 2. The standard InChI is InChI=1S/C19H26N4O3/c1-25-14-19(24)20-11-16-8-10-23-17(7-9-21-23)13-22(16)12-15-5-3-4-6-18(15)26-2/h3-7,9,16H,8,10-14H2,1-2H3,(H,20,24). The smallest absolute Gasteiger partial charge is 0.246 e. The number of carbonyl (C=O) groups is 1. The van der Waals surface area contributed by atoms with E-state index in [2.05, 4.69) is 27.4 Å². The molecule has 1 aromatic heterocycles. The maximum atomic E-state index is 11.8. The molecule has 1 N–H and O–H groups in total. The van der Waals surface area contributed by atoms with Gasteiger partial charge >= 0.3 is 0 Å². The van der Waals surface area contributed by atoms with Crippen molar-refractivity contribution >= 4 is 5.91 Å². The first-order chi connectivity index (χ1) is 12.7. The third-order valence-corrected chi connectivity index (χ3v) is 4.74. The van der Waals surface area contributed by atoms with Gasteiger partial charge in [0.1, 0.15) is 12.4 Å². The number of rotatable bonds is 7. The zero-order valence-corrected chi connectivity index (χ0v) is 15.4. The molecule has 0 aliphatic carbocycles. The molecule has 0 bridgehead atoms. The van der Waals surface area contributed by atoms with Crippen LogP contribution < -0.4 is 10.1 Å². The molecule has 3 rings (SSSR count). The Bertz CT molecular complexity index is 731. The van der Waals surface area contributed by atoms with Crippen LogP contribution >= 0.6 is 0 Å². The number of benzene rings is 1. The summed E-state index contributed by atoms with van der Waals surface area (Å²) in [4.78, 5) is 14.2. The maximum absolute atomic E-state index is 11.8. The van der Waals surface area contributed by atoms with E-state index < -0.39 is 0 Å². The average molecular weight is 358 g/mol. The predicted molar refractivity (Wildman–Crippen MR) is 97.8 cm³/mol. The van der Waals surface area contributed by atoms with Gasteiger partial charge in [0.05, 0.1) is 12.8 Å². The van der Waals surface area contributed by atoms with Gasteiger partial charge in [-0.25, -0.2) is 0 Å². The number of fused-ring (bicyclic) bond motifs is 1. The summed E-state index contributed by atoms with van der Waals surface area (Å²) in [6, 6.07) is 10.3. The molecular weight excluding hydrogens is 332 g/mol. The Balaban J connectivity index is 1.77. The molecule has 1 aliphatic heterocycles. The highest BCUT2D eigenvalue weighted by Gasteiger charge is 2.25. The molecule has 0 spiro atoms. The highest BCUT2D eigenvalue weighted by atomic mass is 16.5. The highest BCUT2D eigenvalue weighted by molar-refractivity contribution is 5.77. The van der Waals surface area contributed by atoms with E-state index in [9.17, 15) is 4.79 Å².